The molecule has 4 aromatic rings. The van der Waals surface area contributed by atoms with Crippen molar-refractivity contribution < 1.29 is 22.7 Å². The number of nitrogens with one attached hydrogen (secondary N) is 2. The normalized spacial score (nSPS) is 13.2. The van der Waals surface area contributed by atoms with E-state index in [0.29, 0.717) is 28.3 Å². The van der Waals surface area contributed by atoms with Crippen molar-refractivity contribution in [3.05, 3.63) is 48.5 Å². The molecule has 0 saturated heterocycles. The van der Waals surface area contributed by atoms with Gasteiger partial charge in [0.05, 0.1) is 28.7 Å². The minimum absolute atomic E-state index is 0.321. The molecule has 9 nitrogen and oxygen atoms in total. The largest absolute Gasteiger partial charge is 0.425 e. The Labute approximate surface area is 173 Å². The number of ether oxygens (including phenoxy) is 1. The molecule has 0 radical (unpaired) electrons. The number of aryl methyl sites for hydroxylation is 1. The highest BCUT2D eigenvalue weighted by atomic mass is 19.2. The molecule has 4 rings (SSSR count). The van der Waals surface area contributed by atoms with Crippen molar-refractivity contribution in [3.63, 3.8) is 0 Å². The zero-order valence-corrected chi connectivity index (χ0v) is 16.1. The highest BCUT2D eigenvalue weighted by Gasteiger charge is 2.23. The van der Waals surface area contributed by atoms with Crippen LogP contribution >= 0.6 is 0 Å². The Kier molecular flexibility index (Phi) is 5.52. The van der Waals surface area contributed by atoms with Crippen LogP contribution in [-0.4, -0.2) is 54.8 Å². The third-order valence-electron chi connectivity index (χ3n) is 4.27. The van der Waals surface area contributed by atoms with E-state index in [1.807, 2.05) is 0 Å². The number of fused-ring (bicyclic) bond motifs is 1. The molecule has 0 aromatic carbocycles. The van der Waals surface area contributed by atoms with E-state index < -0.39 is 25.2 Å². The van der Waals surface area contributed by atoms with Gasteiger partial charge in [0.25, 0.3) is 12.3 Å². The van der Waals surface area contributed by atoms with Crippen LogP contribution in [0.25, 0.3) is 22.3 Å². The average molecular weight is 431 g/mol. The van der Waals surface area contributed by atoms with Gasteiger partial charge in [-0.1, -0.05) is 0 Å². The molecule has 0 spiro atoms. The number of H-pyrrole nitrogens is 1. The van der Waals surface area contributed by atoms with E-state index in [-0.39, 0.29) is 5.91 Å². The molecule has 0 saturated carbocycles. The molecule has 0 aliphatic heterocycles. The lowest BCUT2D eigenvalue weighted by molar-refractivity contribution is -0.0207. The molecule has 4 heterocycles. The van der Waals surface area contributed by atoms with E-state index >= 15 is 0 Å². The topological polar surface area (TPSA) is 111 Å². The summed E-state index contributed by atoms with van der Waals surface area (Å²) in [6.45, 7) is -1.52. The molecule has 2 unspecified atom stereocenters. The number of nitrogens with zero attached hydrogens (tertiary/aromatic N) is 5. The van der Waals surface area contributed by atoms with Gasteiger partial charge in [-0.3, -0.25) is 9.48 Å². The van der Waals surface area contributed by atoms with Crippen LogP contribution in [0.3, 0.4) is 0 Å². The lowest BCUT2D eigenvalue weighted by Crippen LogP contribution is -2.26. The zero-order valence-electron chi connectivity index (χ0n) is 16.1. The minimum Gasteiger partial charge on any atom is -0.425 e. The Hall–Kier alpha value is -3.96. The van der Waals surface area contributed by atoms with Gasteiger partial charge in [-0.15, -0.1) is 0 Å². The summed E-state index contributed by atoms with van der Waals surface area (Å²) in [6, 6.07) is 4.47. The van der Waals surface area contributed by atoms with E-state index in [1.165, 1.54) is 23.1 Å². The SMILES string of the molecule is Cn1cc(C(=O)Nc2cc3[nH]c(-c4ccnc(OC(F)C(F)CF)n4)cc3cn2)cn1. The van der Waals surface area contributed by atoms with Gasteiger partial charge in [-0.05, 0) is 12.1 Å². The van der Waals surface area contributed by atoms with Crippen molar-refractivity contribution in [2.75, 3.05) is 12.0 Å². The van der Waals surface area contributed by atoms with Crippen LogP contribution in [0.4, 0.5) is 19.0 Å². The van der Waals surface area contributed by atoms with Gasteiger partial charge in [-0.2, -0.15) is 14.5 Å². The lowest BCUT2D eigenvalue weighted by Gasteiger charge is -2.11. The molecule has 31 heavy (non-hydrogen) atoms. The summed E-state index contributed by atoms with van der Waals surface area (Å²) < 4.78 is 44.9. The summed E-state index contributed by atoms with van der Waals surface area (Å²) >= 11 is 0. The van der Waals surface area contributed by atoms with Gasteiger partial charge in [0.15, 0.2) is 6.17 Å². The summed E-state index contributed by atoms with van der Waals surface area (Å²) in [4.78, 5) is 27.3. The van der Waals surface area contributed by atoms with Crippen LogP contribution in [0.2, 0.25) is 0 Å². The van der Waals surface area contributed by atoms with Crippen molar-refractivity contribution in [1.29, 1.82) is 0 Å². The van der Waals surface area contributed by atoms with Crippen LogP contribution in [-0.2, 0) is 7.05 Å². The molecule has 0 bridgehead atoms. The third-order valence-corrected chi connectivity index (χ3v) is 4.27. The predicted molar refractivity (Wildman–Crippen MR) is 105 cm³/mol. The molecule has 1 amide bonds. The molecule has 160 valence electrons. The summed E-state index contributed by atoms with van der Waals surface area (Å²) in [5.41, 5.74) is 1.90. The minimum atomic E-state index is -2.52. The van der Waals surface area contributed by atoms with Gasteiger partial charge in [0.1, 0.15) is 12.5 Å². The second kappa shape index (κ2) is 8.42. The Balaban J connectivity index is 1.54. The molecule has 4 aromatic heterocycles. The van der Waals surface area contributed by atoms with Gasteiger partial charge < -0.3 is 15.0 Å². The Morgan fingerprint density at radius 3 is 2.87 bits per heavy atom. The van der Waals surface area contributed by atoms with E-state index in [2.05, 4.69) is 35.1 Å². The maximum Gasteiger partial charge on any atom is 0.319 e. The first-order valence-corrected chi connectivity index (χ1v) is 9.06. The van der Waals surface area contributed by atoms with E-state index in [1.54, 1.807) is 31.6 Å². The summed E-state index contributed by atoms with van der Waals surface area (Å²) in [7, 11) is 1.70. The Bertz CT molecular complexity index is 1230. The molecule has 0 aliphatic rings. The van der Waals surface area contributed by atoms with Crippen LogP contribution in [0.15, 0.2) is 43.0 Å². The number of pyridine rings is 1. The molecule has 0 aliphatic carbocycles. The Morgan fingerprint density at radius 2 is 2.13 bits per heavy atom. The van der Waals surface area contributed by atoms with Crippen molar-refractivity contribution in [3.8, 4) is 17.4 Å². The summed E-state index contributed by atoms with van der Waals surface area (Å²) in [5, 5.41) is 7.35. The molecule has 12 heteroatoms. The van der Waals surface area contributed by atoms with E-state index in [4.69, 9.17) is 0 Å². The van der Waals surface area contributed by atoms with Gasteiger partial charge in [-0.25, -0.2) is 18.7 Å². The monoisotopic (exact) mass is 431 g/mol. The second-order valence-corrected chi connectivity index (χ2v) is 6.56. The fraction of sp³-hybridized carbons (Fsp3) is 0.211. The first kappa shape index (κ1) is 20.3. The predicted octanol–water partition coefficient (Wildman–Crippen LogP) is 2.99. The van der Waals surface area contributed by atoms with Gasteiger partial charge >= 0.3 is 6.01 Å². The quantitative estimate of drug-likeness (QED) is 0.466. The second-order valence-electron chi connectivity index (χ2n) is 6.56. The van der Waals surface area contributed by atoms with Gasteiger partial charge in [0, 0.05) is 37.1 Å². The average Bonchev–Trinajstić information content (AvgIpc) is 3.39. The Morgan fingerprint density at radius 1 is 1.29 bits per heavy atom. The first-order chi connectivity index (χ1) is 14.9. The number of carbonyl (C=O) groups excluding carboxylic acids is 1. The lowest BCUT2D eigenvalue weighted by atomic mass is 10.2. The number of hydrogen-bond donors (Lipinski definition) is 2. The fourth-order valence-corrected chi connectivity index (χ4v) is 2.75. The number of amides is 1. The summed E-state index contributed by atoms with van der Waals surface area (Å²) in [5.74, 6) is -0.0357. The number of carbonyl (C=O) groups is 1. The third kappa shape index (κ3) is 4.47. The van der Waals surface area contributed by atoms with E-state index in [0.717, 1.165) is 5.39 Å². The number of rotatable bonds is 7. The smallest absolute Gasteiger partial charge is 0.319 e. The van der Waals surface area contributed by atoms with Crippen molar-refractivity contribution in [1.82, 2.24) is 29.7 Å². The summed E-state index contributed by atoms with van der Waals surface area (Å²) in [6.07, 6.45) is 0.937. The van der Waals surface area contributed by atoms with Crippen LogP contribution in [0, 0.1) is 0 Å². The number of anilines is 1. The maximum absolute atomic E-state index is 13.5. The zero-order chi connectivity index (χ0) is 22.0. The number of aromatic nitrogens is 6. The molecule has 0 fully saturated rings. The van der Waals surface area contributed by atoms with Crippen molar-refractivity contribution in [2.24, 2.45) is 7.05 Å². The molecule has 2 atom stereocenters. The van der Waals surface area contributed by atoms with Gasteiger partial charge in [0.2, 0.25) is 0 Å². The van der Waals surface area contributed by atoms with E-state index in [9.17, 15) is 18.0 Å². The highest BCUT2D eigenvalue weighted by Crippen LogP contribution is 2.25. The van der Waals surface area contributed by atoms with Crippen molar-refractivity contribution >= 4 is 22.6 Å². The number of aromatic amines is 1. The number of alkyl halides is 3. The fourth-order valence-electron chi connectivity index (χ4n) is 2.75. The maximum atomic E-state index is 13.5. The van der Waals surface area contributed by atoms with Crippen LogP contribution < -0.4 is 10.1 Å². The number of hydrogen-bond acceptors (Lipinski definition) is 6. The van der Waals surface area contributed by atoms with Crippen LogP contribution in [0.5, 0.6) is 6.01 Å². The standard InChI is InChI=1S/C19H16F3N7O2/c1-29-9-11(8-25-29)18(30)28-16-5-14-10(7-24-16)4-15(26-14)13-2-3-23-19(27-13)31-17(22)12(21)6-20/h2-5,7-9,12,17,26H,6H2,1H3,(H,24,28,30). The molecular weight excluding hydrogens is 415 g/mol. The molecular formula is C19H16F3N7O2. The molecule has 2 N–H and O–H groups in total. The van der Waals surface area contributed by atoms with Crippen molar-refractivity contribution in [2.45, 2.75) is 12.5 Å². The number of halogens is 3. The van der Waals surface area contributed by atoms with Crippen LogP contribution in [0.1, 0.15) is 10.4 Å². The highest BCUT2D eigenvalue weighted by molar-refractivity contribution is 6.04. The first-order valence-electron chi connectivity index (χ1n) is 9.06.